The maximum absolute atomic E-state index is 12.8. The molecule has 0 aromatic carbocycles. The summed E-state index contributed by atoms with van der Waals surface area (Å²) >= 11 is 0. The van der Waals surface area contributed by atoms with Gasteiger partial charge >= 0.3 is 0 Å². The van der Waals surface area contributed by atoms with Crippen molar-refractivity contribution in [2.24, 2.45) is 5.92 Å². The molecule has 0 aliphatic carbocycles. The largest absolute Gasteiger partial charge is 0.460 e. The van der Waals surface area contributed by atoms with Gasteiger partial charge in [0.15, 0.2) is 5.58 Å². The highest BCUT2D eigenvalue weighted by Crippen LogP contribution is 2.32. The van der Waals surface area contributed by atoms with Gasteiger partial charge in [-0.05, 0) is 44.8 Å². The minimum atomic E-state index is -0.171. The molecule has 2 bridgehead atoms. The SMILES string of the molecule is CC(=O)N(C)c1coc2cnc(C(=O)N[C@@H]3C4CCN(CC4)[C@H]3C)cc12. The van der Waals surface area contributed by atoms with E-state index in [9.17, 15) is 9.59 Å². The van der Waals surface area contributed by atoms with Crippen molar-refractivity contribution in [3.63, 3.8) is 0 Å². The smallest absolute Gasteiger partial charge is 0.270 e. The highest BCUT2D eigenvalue weighted by Gasteiger charge is 2.40. The first-order valence-electron chi connectivity index (χ1n) is 9.12. The molecule has 3 aliphatic heterocycles. The van der Waals surface area contributed by atoms with Gasteiger partial charge in [-0.2, -0.15) is 0 Å². The summed E-state index contributed by atoms with van der Waals surface area (Å²) < 4.78 is 5.47. The van der Waals surface area contributed by atoms with E-state index in [4.69, 9.17) is 4.42 Å². The molecule has 7 heteroatoms. The fraction of sp³-hybridized carbons (Fsp3) is 0.526. The number of furan rings is 1. The molecule has 2 aromatic heterocycles. The van der Waals surface area contributed by atoms with Gasteiger partial charge < -0.3 is 14.6 Å². The van der Waals surface area contributed by atoms with E-state index in [1.165, 1.54) is 18.1 Å². The summed E-state index contributed by atoms with van der Waals surface area (Å²) in [7, 11) is 1.68. The monoisotopic (exact) mass is 356 g/mol. The topological polar surface area (TPSA) is 78.7 Å². The Labute approximate surface area is 152 Å². The van der Waals surface area contributed by atoms with Gasteiger partial charge in [-0.1, -0.05) is 0 Å². The molecule has 26 heavy (non-hydrogen) atoms. The van der Waals surface area contributed by atoms with E-state index in [0.29, 0.717) is 34.3 Å². The van der Waals surface area contributed by atoms with E-state index in [2.05, 4.69) is 22.1 Å². The minimum Gasteiger partial charge on any atom is -0.460 e. The van der Waals surface area contributed by atoms with Crippen molar-refractivity contribution in [3.05, 3.63) is 24.2 Å². The number of fused-ring (bicyclic) bond motifs is 4. The highest BCUT2D eigenvalue weighted by molar-refractivity contribution is 6.03. The van der Waals surface area contributed by atoms with Gasteiger partial charge in [-0.15, -0.1) is 0 Å². The molecule has 0 unspecified atom stereocenters. The van der Waals surface area contributed by atoms with Crippen molar-refractivity contribution in [2.45, 2.75) is 38.8 Å². The number of hydrogen-bond acceptors (Lipinski definition) is 5. The fourth-order valence-corrected chi connectivity index (χ4v) is 4.24. The number of nitrogens with one attached hydrogen (secondary N) is 1. The summed E-state index contributed by atoms with van der Waals surface area (Å²) in [4.78, 5) is 32.7. The lowest BCUT2D eigenvalue weighted by Crippen LogP contribution is -2.62. The summed E-state index contributed by atoms with van der Waals surface area (Å²) in [6.07, 6.45) is 5.33. The normalized spacial score (nSPS) is 27.5. The number of aromatic nitrogens is 1. The van der Waals surface area contributed by atoms with Crippen molar-refractivity contribution in [2.75, 3.05) is 25.0 Å². The Morgan fingerprint density at radius 2 is 2.08 bits per heavy atom. The van der Waals surface area contributed by atoms with Gasteiger partial charge in [-0.25, -0.2) is 4.98 Å². The third kappa shape index (κ3) is 2.76. The highest BCUT2D eigenvalue weighted by atomic mass is 16.3. The number of piperidine rings is 3. The standard InChI is InChI=1S/C19H24N4O3/c1-11-18(13-4-6-23(11)7-5-13)21-19(25)15-8-14-16(22(3)12(2)24)10-26-17(14)9-20-15/h8-11,13,18H,4-7H2,1-3H3,(H,21,25)/t11-,18-/m0/s1. The molecule has 2 amide bonds. The lowest BCUT2D eigenvalue weighted by Gasteiger charge is -2.49. The third-order valence-electron chi connectivity index (χ3n) is 5.98. The maximum atomic E-state index is 12.8. The predicted molar refractivity (Wildman–Crippen MR) is 98.1 cm³/mol. The molecule has 0 spiro atoms. The van der Waals surface area contributed by atoms with Crippen LogP contribution in [0.2, 0.25) is 0 Å². The molecule has 5 heterocycles. The van der Waals surface area contributed by atoms with Crippen LogP contribution >= 0.6 is 0 Å². The number of amides is 2. The van der Waals surface area contributed by atoms with Crippen molar-refractivity contribution in [1.82, 2.24) is 15.2 Å². The Hall–Kier alpha value is -2.41. The van der Waals surface area contributed by atoms with E-state index in [1.54, 1.807) is 19.3 Å². The van der Waals surface area contributed by atoms with E-state index in [-0.39, 0.29) is 17.9 Å². The van der Waals surface area contributed by atoms with Crippen molar-refractivity contribution in [3.8, 4) is 0 Å². The zero-order valence-corrected chi connectivity index (χ0v) is 15.4. The van der Waals surface area contributed by atoms with Gasteiger partial charge in [0, 0.05) is 31.4 Å². The number of nitrogens with zero attached hydrogens (tertiary/aromatic N) is 3. The van der Waals surface area contributed by atoms with E-state index in [1.807, 2.05) is 0 Å². The molecule has 5 rings (SSSR count). The number of anilines is 1. The molecule has 3 fully saturated rings. The molecule has 1 N–H and O–H groups in total. The average molecular weight is 356 g/mol. The number of hydrogen-bond donors (Lipinski definition) is 1. The summed E-state index contributed by atoms with van der Waals surface area (Å²) in [6, 6.07) is 2.21. The van der Waals surface area contributed by atoms with Crippen LogP contribution in [0, 0.1) is 5.92 Å². The quantitative estimate of drug-likeness (QED) is 0.910. The second-order valence-corrected chi connectivity index (χ2v) is 7.38. The van der Waals surface area contributed by atoms with Crippen molar-refractivity contribution < 1.29 is 14.0 Å². The first-order chi connectivity index (χ1) is 12.5. The Morgan fingerprint density at radius 3 is 2.73 bits per heavy atom. The van der Waals surface area contributed by atoms with Crippen LogP contribution in [0.25, 0.3) is 11.0 Å². The molecular formula is C19H24N4O3. The Bertz CT molecular complexity index is 852. The van der Waals surface area contributed by atoms with Crippen LogP contribution in [0.5, 0.6) is 0 Å². The van der Waals surface area contributed by atoms with E-state index >= 15 is 0 Å². The predicted octanol–water partition coefficient (Wildman–Crippen LogP) is 2.02. The van der Waals surface area contributed by atoms with Gasteiger partial charge in [0.25, 0.3) is 5.91 Å². The van der Waals surface area contributed by atoms with Gasteiger partial charge in [-0.3, -0.25) is 14.5 Å². The van der Waals surface area contributed by atoms with Gasteiger partial charge in [0.2, 0.25) is 5.91 Å². The number of rotatable bonds is 3. The Kier molecular flexibility index (Phi) is 4.19. The lowest BCUT2D eigenvalue weighted by molar-refractivity contribution is -0.116. The van der Waals surface area contributed by atoms with Crippen LogP contribution in [-0.2, 0) is 4.79 Å². The fourth-order valence-electron chi connectivity index (χ4n) is 4.24. The van der Waals surface area contributed by atoms with Crippen LogP contribution in [-0.4, -0.2) is 53.9 Å². The van der Waals surface area contributed by atoms with Crippen LogP contribution in [0.4, 0.5) is 5.69 Å². The number of pyridine rings is 1. The second kappa shape index (κ2) is 6.39. The summed E-state index contributed by atoms with van der Waals surface area (Å²) in [5.74, 6) is 0.266. The molecule has 2 atom stereocenters. The summed E-state index contributed by atoms with van der Waals surface area (Å²) in [5, 5.41) is 3.90. The van der Waals surface area contributed by atoms with Gasteiger partial charge in [0.05, 0.1) is 11.9 Å². The molecule has 3 aliphatic rings. The van der Waals surface area contributed by atoms with Gasteiger partial charge in [0.1, 0.15) is 12.0 Å². The second-order valence-electron chi connectivity index (χ2n) is 7.38. The van der Waals surface area contributed by atoms with Crippen LogP contribution in [0.15, 0.2) is 22.9 Å². The number of carbonyl (C=O) groups excluding carboxylic acids is 2. The van der Waals surface area contributed by atoms with Crippen molar-refractivity contribution in [1.29, 1.82) is 0 Å². The molecular weight excluding hydrogens is 332 g/mol. The van der Waals surface area contributed by atoms with Crippen molar-refractivity contribution >= 4 is 28.5 Å². The molecule has 138 valence electrons. The first kappa shape index (κ1) is 17.0. The van der Waals surface area contributed by atoms with Crippen LogP contribution < -0.4 is 10.2 Å². The average Bonchev–Trinajstić information content (AvgIpc) is 3.07. The maximum Gasteiger partial charge on any atom is 0.270 e. The molecule has 0 saturated carbocycles. The lowest BCUT2D eigenvalue weighted by atomic mass is 9.79. The zero-order chi connectivity index (χ0) is 18.4. The summed E-state index contributed by atoms with van der Waals surface area (Å²) in [6.45, 7) is 5.92. The van der Waals surface area contributed by atoms with Crippen LogP contribution in [0.1, 0.15) is 37.2 Å². The number of carbonyl (C=O) groups is 2. The molecule has 3 saturated heterocycles. The Morgan fingerprint density at radius 1 is 1.35 bits per heavy atom. The van der Waals surface area contributed by atoms with E-state index < -0.39 is 0 Å². The van der Waals surface area contributed by atoms with E-state index in [0.717, 1.165) is 25.9 Å². The minimum absolute atomic E-state index is 0.100. The molecule has 7 nitrogen and oxygen atoms in total. The van der Waals surface area contributed by atoms with Crippen LogP contribution in [0.3, 0.4) is 0 Å². The molecule has 0 radical (unpaired) electrons. The Balaban J connectivity index is 1.59. The summed E-state index contributed by atoms with van der Waals surface area (Å²) in [5.41, 5.74) is 1.54. The third-order valence-corrected chi connectivity index (χ3v) is 5.98. The molecule has 2 aromatic rings. The first-order valence-corrected chi connectivity index (χ1v) is 9.12. The zero-order valence-electron chi connectivity index (χ0n) is 15.4.